The van der Waals surface area contributed by atoms with Crippen molar-refractivity contribution in [2.75, 3.05) is 0 Å². The minimum atomic E-state index is -0.861. The molecular weight excluding hydrogens is 252 g/mol. The van der Waals surface area contributed by atoms with E-state index in [9.17, 15) is 9.59 Å². The molecule has 3 nitrogen and oxygen atoms in total. The number of epoxide rings is 1. The van der Waals surface area contributed by atoms with Gasteiger partial charge in [-0.25, -0.2) is 0 Å². The van der Waals surface area contributed by atoms with E-state index >= 15 is 0 Å². The summed E-state index contributed by atoms with van der Waals surface area (Å²) in [4.78, 5) is 25.1. The van der Waals surface area contributed by atoms with Gasteiger partial charge in [-0.05, 0) is 43.9 Å². The van der Waals surface area contributed by atoms with E-state index in [0.29, 0.717) is 29.0 Å². The lowest BCUT2D eigenvalue weighted by atomic mass is 9.67. The molecule has 1 aliphatic heterocycles. The number of rotatable bonds is 0. The van der Waals surface area contributed by atoms with Gasteiger partial charge < -0.3 is 4.74 Å². The molecule has 0 amide bonds. The van der Waals surface area contributed by atoms with E-state index < -0.39 is 11.2 Å². The Hall–Kier alpha value is -1.19. The molecule has 0 spiro atoms. The molecule has 1 aromatic rings. The molecule has 18 heavy (non-hydrogen) atoms. The summed E-state index contributed by atoms with van der Waals surface area (Å²) < 4.78 is 5.72. The van der Waals surface area contributed by atoms with Gasteiger partial charge in [-0.2, -0.15) is 0 Å². The van der Waals surface area contributed by atoms with Gasteiger partial charge in [0.15, 0.2) is 22.8 Å². The van der Waals surface area contributed by atoms with Crippen LogP contribution >= 0.6 is 11.6 Å². The Morgan fingerprint density at radius 3 is 2.28 bits per heavy atom. The highest BCUT2D eigenvalue weighted by molar-refractivity contribution is 6.32. The molecule has 0 aromatic heterocycles. The smallest absolute Gasteiger partial charge is 0.198 e. The van der Waals surface area contributed by atoms with E-state index in [1.807, 2.05) is 0 Å². The zero-order chi connectivity index (χ0) is 12.5. The van der Waals surface area contributed by atoms with E-state index in [1.165, 1.54) is 0 Å². The number of Topliss-reactive ketones (excluding diaryl/α,β-unsaturated/α-hetero) is 2. The van der Waals surface area contributed by atoms with Crippen LogP contribution in [0.4, 0.5) is 0 Å². The Kier molecular flexibility index (Phi) is 1.80. The number of ketones is 2. The molecule has 2 aliphatic carbocycles. The number of fused-ring (bicyclic) bond motifs is 1. The molecule has 1 saturated heterocycles. The average molecular weight is 263 g/mol. The van der Waals surface area contributed by atoms with Gasteiger partial charge in [0, 0.05) is 16.1 Å². The number of hydrogen-bond donors (Lipinski definition) is 0. The quantitative estimate of drug-likeness (QED) is 0.676. The summed E-state index contributed by atoms with van der Waals surface area (Å²) in [6.45, 7) is 0. The summed E-state index contributed by atoms with van der Waals surface area (Å²) >= 11 is 5.92. The lowest BCUT2D eigenvalue weighted by Gasteiger charge is -2.28. The van der Waals surface area contributed by atoms with Gasteiger partial charge >= 0.3 is 0 Å². The average Bonchev–Trinajstić information content (AvgIpc) is 3.08. The molecular formula is C14H11ClO3. The van der Waals surface area contributed by atoms with E-state index in [0.717, 1.165) is 12.8 Å². The van der Waals surface area contributed by atoms with Crippen molar-refractivity contribution in [3.05, 3.63) is 34.3 Å². The summed E-state index contributed by atoms with van der Waals surface area (Å²) in [5, 5.41) is 0.482. The van der Waals surface area contributed by atoms with Crippen molar-refractivity contribution < 1.29 is 14.3 Å². The lowest BCUT2D eigenvalue weighted by molar-refractivity contribution is 0.0810. The second kappa shape index (κ2) is 3.03. The summed E-state index contributed by atoms with van der Waals surface area (Å²) in [5.41, 5.74) is -0.801. The van der Waals surface area contributed by atoms with Crippen LogP contribution in [0.25, 0.3) is 0 Å². The molecule has 4 heteroatoms. The molecule has 3 aliphatic rings. The van der Waals surface area contributed by atoms with Crippen LogP contribution in [0.3, 0.4) is 0 Å². The number of halogens is 1. The predicted molar refractivity (Wildman–Crippen MR) is 65.1 cm³/mol. The van der Waals surface area contributed by atoms with Gasteiger partial charge in [-0.1, -0.05) is 11.6 Å². The highest BCUT2D eigenvalue weighted by atomic mass is 35.5. The van der Waals surface area contributed by atoms with Crippen molar-refractivity contribution in [3.8, 4) is 0 Å². The third-order valence-electron chi connectivity index (χ3n) is 4.47. The van der Waals surface area contributed by atoms with Crippen LogP contribution in [0, 0.1) is 0 Å². The number of carbonyl (C=O) groups excluding carboxylic acids is 2. The van der Waals surface area contributed by atoms with Crippen LogP contribution in [0.5, 0.6) is 0 Å². The van der Waals surface area contributed by atoms with E-state index in [2.05, 4.69) is 0 Å². The highest BCUT2D eigenvalue weighted by Gasteiger charge is 2.80. The second-order valence-corrected chi connectivity index (χ2v) is 5.75. The van der Waals surface area contributed by atoms with Gasteiger partial charge in [0.1, 0.15) is 0 Å². The lowest BCUT2D eigenvalue weighted by Crippen LogP contribution is -2.46. The van der Waals surface area contributed by atoms with Gasteiger partial charge in [-0.15, -0.1) is 0 Å². The van der Waals surface area contributed by atoms with Crippen molar-refractivity contribution in [1.29, 1.82) is 0 Å². The third-order valence-corrected chi connectivity index (χ3v) is 4.71. The van der Waals surface area contributed by atoms with Crippen molar-refractivity contribution in [1.82, 2.24) is 0 Å². The van der Waals surface area contributed by atoms with Gasteiger partial charge in [0.2, 0.25) is 0 Å². The second-order valence-electron chi connectivity index (χ2n) is 5.31. The molecule has 0 radical (unpaired) electrons. The summed E-state index contributed by atoms with van der Waals surface area (Å²) in [6, 6.07) is 4.89. The molecule has 2 atom stereocenters. The molecule has 2 unspecified atom stereocenters. The van der Waals surface area contributed by atoms with Crippen molar-refractivity contribution in [3.63, 3.8) is 0 Å². The van der Waals surface area contributed by atoms with Crippen LogP contribution in [-0.4, -0.2) is 22.8 Å². The van der Waals surface area contributed by atoms with Crippen molar-refractivity contribution >= 4 is 23.2 Å². The first-order valence-electron chi connectivity index (χ1n) is 6.20. The van der Waals surface area contributed by atoms with Gasteiger partial charge in [0.25, 0.3) is 0 Å². The summed E-state index contributed by atoms with van der Waals surface area (Å²) in [5.74, 6) is -0.0900. The predicted octanol–water partition coefficient (Wildman–Crippen LogP) is 2.80. The molecule has 0 N–H and O–H groups in total. The zero-order valence-corrected chi connectivity index (χ0v) is 10.4. The Bertz CT molecular complexity index is 609. The fraction of sp³-hybridized carbons (Fsp3) is 0.429. The Morgan fingerprint density at radius 1 is 1.00 bits per heavy atom. The maximum Gasteiger partial charge on any atom is 0.198 e. The Balaban J connectivity index is 1.97. The SMILES string of the molecule is O=C1c2ccc(Cl)cc2C(=O)C23CCCCC12O3. The minimum absolute atomic E-state index is 0.0338. The Labute approximate surface area is 109 Å². The number of ether oxygens (including phenoxy) is 1. The van der Waals surface area contributed by atoms with E-state index in [-0.39, 0.29) is 11.6 Å². The van der Waals surface area contributed by atoms with Crippen molar-refractivity contribution in [2.45, 2.75) is 36.9 Å². The fourth-order valence-corrected chi connectivity index (χ4v) is 3.72. The van der Waals surface area contributed by atoms with Crippen LogP contribution < -0.4 is 0 Å². The fourth-order valence-electron chi connectivity index (χ4n) is 3.55. The van der Waals surface area contributed by atoms with E-state index in [1.54, 1.807) is 18.2 Å². The van der Waals surface area contributed by atoms with Crippen LogP contribution in [0.2, 0.25) is 5.02 Å². The number of benzene rings is 1. The van der Waals surface area contributed by atoms with Crippen LogP contribution in [0.15, 0.2) is 18.2 Å². The maximum atomic E-state index is 12.6. The normalized spacial score (nSPS) is 36.7. The molecule has 0 bridgehead atoms. The molecule has 4 rings (SSSR count). The molecule has 92 valence electrons. The van der Waals surface area contributed by atoms with Crippen LogP contribution in [0.1, 0.15) is 46.4 Å². The first kappa shape index (κ1) is 10.7. The number of carbonyl (C=O) groups is 2. The third kappa shape index (κ3) is 0.975. The monoisotopic (exact) mass is 262 g/mol. The van der Waals surface area contributed by atoms with Gasteiger partial charge in [-0.3, -0.25) is 9.59 Å². The maximum absolute atomic E-state index is 12.6. The molecule has 2 fully saturated rings. The molecule has 1 saturated carbocycles. The first-order chi connectivity index (χ1) is 8.61. The van der Waals surface area contributed by atoms with E-state index in [4.69, 9.17) is 16.3 Å². The topological polar surface area (TPSA) is 46.7 Å². The minimum Gasteiger partial charge on any atom is -0.345 e. The first-order valence-corrected chi connectivity index (χ1v) is 6.58. The zero-order valence-electron chi connectivity index (χ0n) is 9.66. The standard InChI is InChI=1S/C14H11ClO3/c15-8-3-4-9-10(7-8)12(17)14-6-2-1-5-13(14,18-14)11(9)16/h3-4,7H,1-2,5-6H2. The van der Waals surface area contributed by atoms with Gasteiger partial charge in [0.05, 0.1) is 0 Å². The number of hydrogen-bond acceptors (Lipinski definition) is 3. The largest absolute Gasteiger partial charge is 0.345 e. The molecule has 1 heterocycles. The molecule has 1 aromatic carbocycles. The summed E-state index contributed by atoms with van der Waals surface area (Å²) in [7, 11) is 0. The Morgan fingerprint density at radius 2 is 1.61 bits per heavy atom. The highest BCUT2D eigenvalue weighted by Crippen LogP contribution is 2.62. The summed E-state index contributed by atoms with van der Waals surface area (Å²) in [6.07, 6.45) is 3.21. The van der Waals surface area contributed by atoms with Crippen molar-refractivity contribution in [2.24, 2.45) is 0 Å². The van der Waals surface area contributed by atoms with Crippen LogP contribution in [-0.2, 0) is 4.74 Å².